The fourth-order valence-corrected chi connectivity index (χ4v) is 5.88. The summed E-state index contributed by atoms with van der Waals surface area (Å²) in [5, 5.41) is 9.51. The van der Waals surface area contributed by atoms with E-state index < -0.39 is 6.04 Å². The summed E-state index contributed by atoms with van der Waals surface area (Å²) in [5.41, 5.74) is 2.89. The Morgan fingerprint density at radius 3 is 2.77 bits per heavy atom. The third kappa shape index (κ3) is 3.46. The third-order valence-corrected chi connectivity index (χ3v) is 7.75. The second-order valence-corrected chi connectivity index (χ2v) is 9.27. The highest BCUT2D eigenvalue weighted by Gasteiger charge is 2.55. The van der Waals surface area contributed by atoms with Crippen LogP contribution in [0.1, 0.15) is 53.6 Å². The van der Waals surface area contributed by atoms with Gasteiger partial charge in [0.1, 0.15) is 6.04 Å². The molecule has 1 aliphatic carbocycles. The number of ether oxygens (including phenoxy) is 1. The first-order valence-electron chi connectivity index (χ1n) is 11.3. The summed E-state index contributed by atoms with van der Waals surface area (Å²) in [5.74, 6) is -0.759. The number of imide groups is 1. The zero-order valence-corrected chi connectivity index (χ0v) is 17.9. The number of methoxy groups -OCH3 is 1. The van der Waals surface area contributed by atoms with Crippen LogP contribution in [0.4, 0.5) is 0 Å². The van der Waals surface area contributed by atoms with Crippen molar-refractivity contribution in [2.24, 2.45) is 5.41 Å². The van der Waals surface area contributed by atoms with Crippen molar-refractivity contribution >= 4 is 17.7 Å². The van der Waals surface area contributed by atoms with Crippen molar-refractivity contribution in [1.29, 1.82) is 0 Å². The summed E-state index contributed by atoms with van der Waals surface area (Å²) in [6.07, 6.45) is 4.23. The van der Waals surface area contributed by atoms with Gasteiger partial charge in [-0.2, -0.15) is 0 Å². The zero-order chi connectivity index (χ0) is 21.6. The second-order valence-electron chi connectivity index (χ2n) is 9.27. The molecule has 3 atom stereocenters. The molecule has 1 saturated carbocycles. The lowest BCUT2D eigenvalue weighted by Gasteiger charge is -2.57. The van der Waals surface area contributed by atoms with Crippen LogP contribution in [-0.4, -0.2) is 61.0 Å². The lowest BCUT2D eigenvalue weighted by molar-refractivity contribution is -0.136. The summed E-state index contributed by atoms with van der Waals surface area (Å²) in [7, 11) is 1.81. The minimum Gasteiger partial charge on any atom is -0.381 e. The van der Waals surface area contributed by atoms with Crippen LogP contribution < -0.4 is 16.0 Å². The number of hydrogen-bond acceptors (Lipinski definition) is 6. The molecule has 8 nitrogen and oxygen atoms in total. The van der Waals surface area contributed by atoms with Gasteiger partial charge in [0.05, 0.1) is 6.10 Å². The molecular formula is C23H30N4O4. The van der Waals surface area contributed by atoms with Gasteiger partial charge in [0.15, 0.2) is 0 Å². The third-order valence-electron chi connectivity index (χ3n) is 7.75. The Labute approximate surface area is 182 Å². The molecule has 3 aliphatic heterocycles. The molecule has 5 rings (SSSR count). The Bertz CT molecular complexity index is 911. The van der Waals surface area contributed by atoms with E-state index in [0.717, 1.165) is 43.5 Å². The van der Waals surface area contributed by atoms with Gasteiger partial charge in [0, 0.05) is 43.6 Å². The molecule has 8 heteroatoms. The van der Waals surface area contributed by atoms with Gasteiger partial charge in [0.2, 0.25) is 11.8 Å². The highest BCUT2D eigenvalue weighted by Crippen LogP contribution is 2.49. The van der Waals surface area contributed by atoms with Gasteiger partial charge in [-0.3, -0.25) is 19.7 Å². The minimum absolute atomic E-state index is 0.121. The molecule has 1 spiro atoms. The second kappa shape index (κ2) is 8.00. The minimum atomic E-state index is -0.570. The average Bonchev–Trinajstić information content (AvgIpc) is 3.09. The lowest BCUT2D eigenvalue weighted by Crippen LogP contribution is -2.66. The number of nitrogens with one attached hydrogen (secondary N) is 3. The monoisotopic (exact) mass is 426 g/mol. The standard InChI is InChI=1S/C23H30N4O4/c1-31-19-11-18(23(19)6-8-24-9-7-23)25-12-14-2-3-15-13-27(22(30)16(15)10-14)17-4-5-20(28)26-21(17)29/h2-3,10,17-19,24-25H,4-9,11-13H2,1H3,(H,26,28,29). The van der Waals surface area contributed by atoms with E-state index in [2.05, 4.69) is 22.0 Å². The van der Waals surface area contributed by atoms with Crippen LogP contribution in [0, 0.1) is 5.41 Å². The molecule has 3 N–H and O–H groups in total. The van der Waals surface area contributed by atoms with Crippen molar-refractivity contribution in [2.45, 2.75) is 63.4 Å². The van der Waals surface area contributed by atoms with Gasteiger partial charge >= 0.3 is 0 Å². The zero-order valence-electron chi connectivity index (χ0n) is 17.9. The lowest BCUT2D eigenvalue weighted by atomic mass is 9.57. The Kier molecular flexibility index (Phi) is 5.32. The molecule has 0 aromatic heterocycles. The molecule has 0 radical (unpaired) electrons. The van der Waals surface area contributed by atoms with E-state index in [1.54, 1.807) is 4.90 Å². The summed E-state index contributed by atoms with van der Waals surface area (Å²) in [6.45, 7) is 3.18. The molecular weight excluding hydrogens is 396 g/mol. The summed E-state index contributed by atoms with van der Waals surface area (Å²) in [4.78, 5) is 38.3. The molecule has 0 bridgehead atoms. The molecule has 1 aromatic rings. The fraction of sp³-hybridized carbons (Fsp3) is 0.609. The van der Waals surface area contributed by atoms with E-state index in [1.807, 2.05) is 19.2 Å². The molecule has 2 saturated heterocycles. The van der Waals surface area contributed by atoms with Crippen molar-refractivity contribution in [3.63, 3.8) is 0 Å². The van der Waals surface area contributed by atoms with Crippen molar-refractivity contribution in [2.75, 3.05) is 20.2 Å². The maximum absolute atomic E-state index is 13.0. The van der Waals surface area contributed by atoms with E-state index >= 15 is 0 Å². The van der Waals surface area contributed by atoms with E-state index in [4.69, 9.17) is 4.74 Å². The number of carbonyl (C=O) groups excluding carboxylic acids is 3. The number of carbonyl (C=O) groups is 3. The molecule has 3 fully saturated rings. The van der Waals surface area contributed by atoms with Gasteiger partial charge in [-0.25, -0.2) is 0 Å². The first kappa shape index (κ1) is 20.6. The van der Waals surface area contributed by atoms with Crippen LogP contribution in [0.25, 0.3) is 0 Å². The number of nitrogens with zero attached hydrogens (tertiary/aromatic N) is 1. The van der Waals surface area contributed by atoms with Gasteiger partial charge < -0.3 is 20.3 Å². The maximum atomic E-state index is 13.0. The summed E-state index contributed by atoms with van der Waals surface area (Å²) < 4.78 is 5.75. The smallest absolute Gasteiger partial charge is 0.255 e. The normalized spacial score (nSPS) is 29.6. The number of fused-ring (bicyclic) bond motifs is 1. The Morgan fingerprint density at radius 2 is 2.03 bits per heavy atom. The number of piperidine rings is 2. The molecule has 4 aliphatic rings. The van der Waals surface area contributed by atoms with Gasteiger partial charge in [0.25, 0.3) is 5.91 Å². The van der Waals surface area contributed by atoms with E-state index in [0.29, 0.717) is 37.2 Å². The van der Waals surface area contributed by atoms with Crippen LogP contribution >= 0.6 is 0 Å². The van der Waals surface area contributed by atoms with Crippen molar-refractivity contribution in [3.05, 3.63) is 34.9 Å². The first-order valence-corrected chi connectivity index (χ1v) is 11.3. The van der Waals surface area contributed by atoms with Gasteiger partial charge in [-0.15, -0.1) is 0 Å². The van der Waals surface area contributed by atoms with Crippen LogP contribution in [0.5, 0.6) is 0 Å². The maximum Gasteiger partial charge on any atom is 0.255 e. The average molecular weight is 427 g/mol. The highest BCUT2D eigenvalue weighted by molar-refractivity contribution is 6.05. The topological polar surface area (TPSA) is 99.8 Å². The summed E-state index contributed by atoms with van der Waals surface area (Å²) >= 11 is 0. The molecule has 31 heavy (non-hydrogen) atoms. The van der Waals surface area contributed by atoms with Gasteiger partial charge in [-0.05, 0) is 56.0 Å². The molecule has 3 heterocycles. The number of rotatable bonds is 5. The molecule has 3 amide bonds. The van der Waals surface area contributed by atoms with E-state index in [-0.39, 0.29) is 29.6 Å². The quantitative estimate of drug-likeness (QED) is 0.600. The predicted octanol–water partition coefficient (Wildman–Crippen LogP) is 0.694. The summed E-state index contributed by atoms with van der Waals surface area (Å²) in [6, 6.07) is 5.87. The van der Waals surface area contributed by atoms with Crippen LogP contribution in [-0.2, 0) is 27.4 Å². The Balaban J connectivity index is 1.25. The Morgan fingerprint density at radius 1 is 1.23 bits per heavy atom. The first-order chi connectivity index (χ1) is 15.0. The number of amides is 3. The number of hydrogen-bond donors (Lipinski definition) is 3. The van der Waals surface area contributed by atoms with Crippen molar-refractivity contribution in [1.82, 2.24) is 20.9 Å². The SMILES string of the molecule is COC1CC(NCc2ccc3c(c2)C(=O)N(C2CCC(=O)NC2=O)C3)C12CCNCC2. The van der Waals surface area contributed by atoms with Crippen LogP contribution in [0.2, 0.25) is 0 Å². The number of benzene rings is 1. The molecule has 1 aromatic carbocycles. The molecule has 166 valence electrons. The predicted molar refractivity (Wildman–Crippen MR) is 113 cm³/mol. The molecule has 3 unspecified atom stereocenters. The highest BCUT2D eigenvalue weighted by atomic mass is 16.5. The Hall–Kier alpha value is -2.29. The van der Waals surface area contributed by atoms with E-state index in [1.165, 1.54) is 0 Å². The van der Waals surface area contributed by atoms with Gasteiger partial charge in [-0.1, -0.05) is 12.1 Å². The van der Waals surface area contributed by atoms with E-state index in [9.17, 15) is 14.4 Å². The van der Waals surface area contributed by atoms with Crippen LogP contribution in [0.3, 0.4) is 0 Å². The van der Waals surface area contributed by atoms with Crippen molar-refractivity contribution in [3.8, 4) is 0 Å². The van der Waals surface area contributed by atoms with Crippen LogP contribution in [0.15, 0.2) is 18.2 Å². The van der Waals surface area contributed by atoms with Crippen molar-refractivity contribution < 1.29 is 19.1 Å². The largest absolute Gasteiger partial charge is 0.381 e. The fourth-order valence-electron chi connectivity index (χ4n) is 5.88.